The maximum atomic E-state index is 12.0. The highest BCUT2D eigenvalue weighted by atomic mass is 16.3. The molecule has 8 aromatic carbocycles. The van der Waals surface area contributed by atoms with Crippen LogP contribution in [0.15, 0.2) is 114 Å². The van der Waals surface area contributed by atoms with Crippen molar-refractivity contribution in [1.82, 2.24) is 0 Å². The molecule has 0 saturated carbocycles. The summed E-state index contributed by atoms with van der Waals surface area (Å²) in [7, 11) is 8.39. The molecule has 0 aliphatic carbocycles. The second-order valence-electron chi connectivity index (χ2n) is 13.5. The van der Waals surface area contributed by atoms with Gasteiger partial charge in [-0.2, -0.15) is 0 Å². The fourth-order valence-corrected chi connectivity index (χ4v) is 8.20. The average Bonchev–Trinajstić information content (AvgIpc) is 3.54. The van der Waals surface area contributed by atoms with E-state index in [4.69, 9.17) is 4.42 Å². The molecule has 240 valence electrons. The van der Waals surface area contributed by atoms with Crippen LogP contribution in [-0.2, 0) is 0 Å². The Balaban J connectivity index is 1.53. The van der Waals surface area contributed by atoms with Crippen LogP contribution < -0.4 is 21.9 Å². The van der Waals surface area contributed by atoms with Crippen LogP contribution in [0.5, 0.6) is 23.0 Å². The summed E-state index contributed by atoms with van der Waals surface area (Å²) in [5.74, 6) is -2.55. The highest BCUT2D eigenvalue weighted by Gasteiger charge is 2.30. The molecule has 0 saturated heterocycles. The van der Waals surface area contributed by atoms with E-state index in [-0.39, 0.29) is 10.8 Å². The van der Waals surface area contributed by atoms with Crippen LogP contribution in [0, 0.1) is 0 Å². The Morgan fingerprint density at radius 3 is 1.55 bits per heavy atom. The van der Waals surface area contributed by atoms with Crippen molar-refractivity contribution in [3.8, 4) is 56.4 Å². The number of furan rings is 1. The number of rotatable bonds is 3. The molecule has 0 amide bonds. The minimum Gasteiger partial charge on any atom is -0.504 e. The van der Waals surface area contributed by atoms with Crippen molar-refractivity contribution >= 4 is 107 Å². The third-order valence-corrected chi connectivity index (χ3v) is 11.0. The molecule has 0 fully saturated rings. The van der Waals surface area contributed by atoms with E-state index in [9.17, 15) is 20.4 Å². The zero-order chi connectivity index (χ0) is 35.3. The van der Waals surface area contributed by atoms with E-state index in [1.807, 2.05) is 72.8 Å². The molecule has 0 radical (unpaired) electrons. The number of para-hydroxylation sites is 1. The first-order chi connectivity index (χ1) is 24.7. The summed E-state index contributed by atoms with van der Waals surface area (Å²) in [6.07, 6.45) is 0. The third kappa shape index (κ3) is 4.27. The SMILES string of the molecule is Bc1c(B)c(B)c2c(-c3ccc(-c4ccccc4)c4ccccc34)c3c(O)c(O)c(O)c(O)c3c(-c3ccc4oc5ccccc5c4c3)c2c1B. The van der Waals surface area contributed by atoms with Crippen molar-refractivity contribution in [2.75, 3.05) is 0 Å². The first kappa shape index (κ1) is 30.8. The van der Waals surface area contributed by atoms with Crippen LogP contribution in [0.4, 0.5) is 0 Å². The van der Waals surface area contributed by atoms with Gasteiger partial charge in [-0.1, -0.05) is 102 Å². The Morgan fingerprint density at radius 2 is 0.882 bits per heavy atom. The van der Waals surface area contributed by atoms with Crippen LogP contribution in [0.1, 0.15) is 0 Å². The molecule has 9 aromatic rings. The Labute approximate surface area is 297 Å². The Bertz CT molecular complexity index is 2870. The topological polar surface area (TPSA) is 94.1 Å². The quantitative estimate of drug-likeness (QED) is 0.100. The first-order valence-corrected chi connectivity index (χ1v) is 17.0. The molecule has 51 heavy (non-hydrogen) atoms. The van der Waals surface area contributed by atoms with Crippen molar-refractivity contribution in [1.29, 1.82) is 0 Å². The summed E-state index contributed by atoms with van der Waals surface area (Å²) < 4.78 is 6.17. The molecule has 0 bridgehead atoms. The van der Waals surface area contributed by atoms with Gasteiger partial charge >= 0.3 is 0 Å². The summed E-state index contributed by atoms with van der Waals surface area (Å²) in [5, 5.41) is 52.4. The van der Waals surface area contributed by atoms with E-state index in [1.165, 1.54) is 0 Å². The van der Waals surface area contributed by atoms with Gasteiger partial charge in [0, 0.05) is 32.7 Å². The molecule has 0 unspecified atom stereocenters. The molecule has 1 heterocycles. The summed E-state index contributed by atoms with van der Waals surface area (Å²) in [6, 6.07) is 36.3. The molecule has 9 heteroatoms. The number of aromatic hydroxyl groups is 4. The van der Waals surface area contributed by atoms with Gasteiger partial charge in [0.15, 0.2) is 11.5 Å². The van der Waals surface area contributed by atoms with Crippen molar-refractivity contribution in [3.63, 3.8) is 0 Å². The molecule has 0 spiro atoms. The lowest BCUT2D eigenvalue weighted by atomic mass is 9.62. The molecule has 0 aliphatic heterocycles. The molecule has 5 nitrogen and oxygen atoms in total. The molecule has 0 atom stereocenters. The average molecular weight is 658 g/mol. The molecular weight excluding hydrogens is 628 g/mol. The van der Waals surface area contributed by atoms with E-state index in [0.717, 1.165) is 87.6 Å². The lowest BCUT2D eigenvalue weighted by Gasteiger charge is -2.26. The van der Waals surface area contributed by atoms with Gasteiger partial charge in [-0.05, 0) is 62.0 Å². The largest absolute Gasteiger partial charge is 0.504 e. The second kappa shape index (κ2) is 11.2. The van der Waals surface area contributed by atoms with E-state index >= 15 is 0 Å². The standard InChI is InChI=1S/C42H30B4O5/c43-35-31-29(20-14-17-28-26(18-20)24-12-6-7-13-27(24)51-28)33-34(40(48)42(50)41(49)39(33)47)30(32(31)36(44)38(46)37(35)45)25-16-15-21(19-8-2-1-3-9-19)22-10-4-5-11-23(22)25/h1-18,47-50H,43-46H2. The number of phenolic OH excluding ortho intramolecular Hbond substituents is 4. The van der Waals surface area contributed by atoms with Gasteiger partial charge in [0.05, 0.1) is 0 Å². The van der Waals surface area contributed by atoms with E-state index in [2.05, 4.69) is 67.8 Å². The van der Waals surface area contributed by atoms with Crippen LogP contribution in [0.2, 0.25) is 0 Å². The summed E-state index contributed by atoms with van der Waals surface area (Å²) in [4.78, 5) is 0. The van der Waals surface area contributed by atoms with Crippen LogP contribution in [0.3, 0.4) is 0 Å². The van der Waals surface area contributed by atoms with Crippen LogP contribution in [-0.4, -0.2) is 51.8 Å². The lowest BCUT2D eigenvalue weighted by molar-refractivity contribution is 0.351. The van der Waals surface area contributed by atoms with Gasteiger partial charge in [0.1, 0.15) is 42.6 Å². The fourth-order valence-electron chi connectivity index (χ4n) is 8.20. The number of hydrogen-bond acceptors (Lipinski definition) is 5. The van der Waals surface area contributed by atoms with Gasteiger partial charge in [-0.15, -0.1) is 10.9 Å². The number of fused-ring (bicyclic) bond motifs is 6. The maximum absolute atomic E-state index is 12.0. The number of phenols is 4. The summed E-state index contributed by atoms with van der Waals surface area (Å²) in [6.45, 7) is 0. The predicted octanol–water partition coefficient (Wildman–Crippen LogP) is 3.90. The van der Waals surface area contributed by atoms with Crippen molar-refractivity contribution in [2.45, 2.75) is 0 Å². The van der Waals surface area contributed by atoms with E-state index in [0.29, 0.717) is 11.1 Å². The van der Waals surface area contributed by atoms with Gasteiger partial charge in [0.2, 0.25) is 11.5 Å². The van der Waals surface area contributed by atoms with Crippen molar-refractivity contribution in [3.05, 3.63) is 109 Å². The Hall–Kier alpha value is -6.20. The van der Waals surface area contributed by atoms with Gasteiger partial charge in [0.25, 0.3) is 0 Å². The molecule has 9 rings (SSSR count). The zero-order valence-corrected chi connectivity index (χ0v) is 28.6. The molecule has 4 N–H and O–H groups in total. The lowest BCUT2D eigenvalue weighted by Crippen LogP contribution is -2.48. The number of benzene rings is 8. The van der Waals surface area contributed by atoms with E-state index in [1.54, 1.807) is 0 Å². The van der Waals surface area contributed by atoms with Crippen LogP contribution in [0.25, 0.3) is 87.6 Å². The molecule has 1 aromatic heterocycles. The minimum atomic E-state index is -0.774. The van der Waals surface area contributed by atoms with Gasteiger partial charge < -0.3 is 24.8 Å². The smallest absolute Gasteiger partial charge is 0.204 e. The van der Waals surface area contributed by atoms with Crippen molar-refractivity contribution < 1.29 is 24.8 Å². The highest BCUT2D eigenvalue weighted by molar-refractivity contribution is 6.68. The normalized spacial score (nSPS) is 11.8. The van der Waals surface area contributed by atoms with E-state index < -0.39 is 23.0 Å². The highest BCUT2D eigenvalue weighted by Crippen LogP contribution is 2.57. The minimum absolute atomic E-state index is 0.249. The molecular formula is C42H30B4O5. The molecule has 0 aliphatic rings. The first-order valence-electron chi connectivity index (χ1n) is 17.0. The summed E-state index contributed by atoms with van der Waals surface area (Å²) in [5.41, 5.74) is 10.8. The maximum Gasteiger partial charge on any atom is 0.204 e. The monoisotopic (exact) mass is 658 g/mol. The zero-order valence-electron chi connectivity index (χ0n) is 28.6. The third-order valence-electron chi connectivity index (χ3n) is 11.0. The fraction of sp³-hybridized carbons (Fsp3) is 0. The van der Waals surface area contributed by atoms with Gasteiger partial charge in [-0.3, -0.25) is 0 Å². The Morgan fingerprint density at radius 1 is 0.373 bits per heavy atom. The number of hydrogen-bond donors (Lipinski definition) is 4. The van der Waals surface area contributed by atoms with Crippen molar-refractivity contribution in [2.24, 2.45) is 0 Å². The predicted molar refractivity (Wildman–Crippen MR) is 222 cm³/mol. The van der Waals surface area contributed by atoms with Crippen LogP contribution >= 0.6 is 0 Å². The summed E-state index contributed by atoms with van der Waals surface area (Å²) >= 11 is 0. The van der Waals surface area contributed by atoms with Gasteiger partial charge in [-0.25, -0.2) is 0 Å². The second-order valence-corrected chi connectivity index (χ2v) is 13.5. The Kier molecular flexibility index (Phi) is 6.74.